The Balaban J connectivity index is 2.30. The summed E-state index contributed by atoms with van der Waals surface area (Å²) < 4.78 is 25.1. The van der Waals surface area contributed by atoms with E-state index in [1.54, 1.807) is 12.1 Å². The zero-order valence-electron chi connectivity index (χ0n) is 11.1. The minimum Gasteiger partial charge on any atom is -0.399 e. The van der Waals surface area contributed by atoms with E-state index in [9.17, 15) is 4.39 Å². The Hall–Kier alpha value is -1.11. The van der Waals surface area contributed by atoms with E-state index in [2.05, 4.69) is 5.43 Å². The monoisotopic (exact) mass is 252 g/mol. The van der Waals surface area contributed by atoms with Gasteiger partial charge in [-0.1, -0.05) is 6.07 Å². The van der Waals surface area contributed by atoms with Gasteiger partial charge in [-0.3, -0.25) is 5.84 Å². The molecule has 0 radical (unpaired) electrons. The molecule has 1 saturated heterocycles. The lowest BCUT2D eigenvalue weighted by atomic mass is 9.79. The van der Waals surface area contributed by atoms with Crippen LogP contribution in [-0.2, 0) is 9.31 Å². The highest BCUT2D eigenvalue weighted by molar-refractivity contribution is 6.62. The molecule has 1 aliphatic heterocycles. The maximum atomic E-state index is 13.3. The fourth-order valence-electron chi connectivity index (χ4n) is 1.78. The summed E-state index contributed by atoms with van der Waals surface area (Å²) in [6.45, 7) is 7.88. The third-order valence-corrected chi connectivity index (χ3v) is 3.67. The molecule has 0 saturated carbocycles. The van der Waals surface area contributed by atoms with Crippen molar-refractivity contribution in [2.75, 3.05) is 5.43 Å². The number of nitrogens with two attached hydrogens (primary N) is 1. The molecule has 0 atom stereocenters. The number of anilines is 1. The molecule has 1 aromatic carbocycles. The number of nitrogen functional groups attached to an aromatic ring is 1. The van der Waals surface area contributed by atoms with Crippen molar-refractivity contribution >= 4 is 18.3 Å². The van der Waals surface area contributed by atoms with Crippen LogP contribution in [0.4, 0.5) is 10.1 Å². The molecule has 0 spiro atoms. The Bertz CT molecular complexity index is 449. The highest BCUT2D eigenvalue weighted by Crippen LogP contribution is 2.36. The molecular formula is C12H18BFN2O2. The number of benzene rings is 1. The van der Waals surface area contributed by atoms with E-state index in [1.807, 2.05) is 27.7 Å². The van der Waals surface area contributed by atoms with Crippen LogP contribution in [-0.4, -0.2) is 18.3 Å². The fourth-order valence-corrected chi connectivity index (χ4v) is 1.78. The van der Waals surface area contributed by atoms with Crippen molar-refractivity contribution in [1.82, 2.24) is 0 Å². The van der Waals surface area contributed by atoms with E-state index in [0.29, 0.717) is 0 Å². The Morgan fingerprint density at radius 3 is 2.22 bits per heavy atom. The van der Waals surface area contributed by atoms with E-state index < -0.39 is 24.1 Å². The second kappa shape index (κ2) is 4.22. The number of hydrazine groups is 1. The van der Waals surface area contributed by atoms with Crippen molar-refractivity contribution in [3.8, 4) is 0 Å². The third-order valence-electron chi connectivity index (χ3n) is 3.67. The van der Waals surface area contributed by atoms with Gasteiger partial charge in [-0.15, -0.1) is 0 Å². The third kappa shape index (κ3) is 2.11. The Morgan fingerprint density at radius 1 is 1.17 bits per heavy atom. The Morgan fingerprint density at radius 2 is 1.72 bits per heavy atom. The van der Waals surface area contributed by atoms with E-state index in [4.69, 9.17) is 15.2 Å². The van der Waals surface area contributed by atoms with Gasteiger partial charge >= 0.3 is 7.12 Å². The lowest BCUT2D eigenvalue weighted by Gasteiger charge is -2.32. The summed E-state index contributed by atoms with van der Waals surface area (Å²) in [4.78, 5) is 0. The highest BCUT2D eigenvalue weighted by atomic mass is 19.1. The van der Waals surface area contributed by atoms with Crippen LogP contribution in [0.3, 0.4) is 0 Å². The standard InChI is InChI=1S/C12H18BFN2O2/c1-11(2)12(3,4)18-13(17-11)8-5-6-9(14)10(7-8)16-15/h5-7,16H,15H2,1-4H3. The molecule has 2 rings (SSSR count). The van der Waals surface area contributed by atoms with Gasteiger partial charge in [-0.2, -0.15) is 0 Å². The van der Waals surface area contributed by atoms with Gasteiger partial charge in [0.25, 0.3) is 0 Å². The molecule has 0 unspecified atom stereocenters. The molecule has 0 bridgehead atoms. The normalized spacial score (nSPS) is 21.1. The molecule has 1 fully saturated rings. The summed E-state index contributed by atoms with van der Waals surface area (Å²) in [5.41, 5.74) is 2.45. The van der Waals surface area contributed by atoms with Gasteiger partial charge in [-0.05, 0) is 45.3 Å². The van der Waals surface area contributed by atoms with Crippen molar-refractivity contribution in [2.45, 2.75) is 38.9 Å². The van der Waals surface area contributed by atoms with Gasteiger partial charge in [0.1, 0.15) is 5.82 Å². The van der Waals surface area contributed by atoms with Crippen molar-refractivity contribution in [3.05, 3.63) is 24.0 Å². The Kier molecular flexibility index (Phi) is 3.13. The van der Waals surface area contributed by atoms with Crippen molar-refractivity contribution < 1.29 is 13.7 Å². The molecule has 1 heterocycles. The van der Waals surface area contributed by atoms with E-state index in [1.165, 1.54) is 6.07 Å². The van der Waals surface area contributed by atoms with E-state index >= 15 is 0 Å². The number of nitrogens with one attached hydrogen (secondary N) is 1. The van der Waals surface area contributed by atoms with Crippen LogP contribution < -0.4 is 16.7 Å². The molecule has 4 nitrogen and oxygen atoms in total. The van der Waals surface area contributed by atoms with Gasteiger partial charge in [0.2, 0.25) is 0 Å². The molecule has 3 N–H and O–H groups in total. The molecule has 98 valence electrons. The molecule has 1 aliphatic rings. The van der Waals surface area contributed by atoms with Crippen LogP contribution in [0.25, 0.3) is 0 Å². The van der Waals surface area contributed by atoms with E-state index in [-0.39, 0.29) is 5.69 Å². The van der Waals surface area contributed by atoms with E-state index in [0.717, 1.165) is 5.46 Å². The summed E-state index contributed by atoms with van der Waals surface area (Å²) in [5, 5.41) is 0. The summed E-state index contributed by atoms with van der Waals surface area (Å²) in [7, 11) is -0.511. The van der Waals surface area contributed by atoms with Gasteiger partial charge < -0.3 is 14.7 Å². The van der Waals surface area contributed by atoms with Crippen molar-refractivity contribution in [2.24, 2.45) is 5.84 Å². The largest absolute Gasteiger partial charge is 0.494 e. The van der Waals surface area contributed by atoms with Crippen LogP contribution in [0.5, 0.6) is 0 Å². The summed E-state index contributed by atoms with van der Waals surface area (Å²) in [6, 6.07) is 4.57. The molecule has 18 heavy (non-hydrogen) atoms. The predicted molar refractivity (Wildman–Crippen MR) is 69.9 cm³/mol. The molecule has 1 aromatic rings. The Labute approximate surface area is 107 Å². The number of halogens is 1. The number of rotatable bonds is 2. The summed E-state index contributed by atoms with van der Waals surface area (Å²) in [5.74, 6) is 4.85. The molecule has 6 heteroatoms. The van der Waals surface area contributed by atoms with Crippen LogP contribution in [0, 0.1) is 5.82 Å². The van der Waals surface area contributed by atoms with Gasteiger partial charge in [-0.25, -0.2) is 4.39 Å². The SMILES string of the molecule is CC1(C)OB(c2ccc(F)c(NN)c2)OC1(C)C. The van der Waals surface area contributed by atoms with Crippen LogP contribution >= 0.6 is 0 Å². The summed E-state index contributed by atoms with van der Waals surface area (Å²) in [6.07, 6.45) is 0. The molecular weight excluding hydrogens is 234 g/mol. The molecule has 0 aromatic heterocycles. The number of hydrogen-bond acceptors (Lipinski definition) is 4. The highest BCUT2D eigenvalue weighted by Gasteiger charge is 2.51. The van der Waals surface area contributed by atoms with Gasteiger partial charge in [0.15, 0.2) is 0 Å². The number of hydrogen-bond donors (Lipinski definition) is 2. The van der Waals surface area contributed by atoms with Gasteiger partial charge in [0, 0.05) is 0 Å². The zero-order chi connectivity index (χ0) is 13.6. The fraction of sp³-hybridized carbons (Fsp3) is 0.500. The minimum absolute atomic E-state index is 0.224. The van der Waals surface area contributed by atoms with Crippen LogP contribution in [0.1, 0.15) is 27.7 Å². The average Bonchev–Trinajstić information content (AvgIpc) is 2.49. The second-order valence-corrected chi connectivity index (χ2v) is 5.47. The molecule has 0 aliphatic carbocycles. The molecule has 0 amide bonds. The first-order valence-electron chi connectivity index (χ1n) is 5.88. The minimum atomic E-state index is -0.511. The smallest absolute Gasteiger partial charge is 0.399 e. The van der Waals surface area contributed by atoms with Crippen LogP contribution in [0.15, 0.2) is 18.2 Å². The van der Waals surface area contributed by atoms with Crippen molar-refractivity contribution in [3.63, 3.8) is 0 Å². The topological polar surface area (TPSA) is 56.5 Å². The predicted octanol–water partition coefficient (Wildman–Crippen LogP) is 1.41. The first kappa shape index (κ1) is 13.3. The first-order valence-corrected chi connectivity index (χ1v) is 5.88. The maximum Gasteiger partial charge on any atom is 0.494 e. The summed E-state index contributed by atoms with van der Waals surface area (Å²) >= 11 is 0. The maximum absolute atomic E-state index is 13.3. The van der Waals surface area contributed by atoms with Crippen LogP contribution in [0.2, 0.25) is 0 Å². The first-order chi connectivity index (χ1) is 8.27. The second-order valence-electron chi connectivity index (χ2n) is 5.47. The van der Waals surface area contributed by atoms with Crippen molar-refractivity contribution in [1.29, 1.82) is 0 Å². The zero-order valence-corrected chi connectivity index (χ0v) is 11.1. The lowest BCUT2D eigenvalue weighted by molar-refractivity contribution is 0.00578. The van der Waals surface area contributed by atoms with Gasteiger partial charge in [0.05, 0.1) is 16.9 Å². The average molecular weight is 252 g/mol. The lowest BCUT2D eigenvalue weighted by Crippen LogP contribution is -2.41. The quantitative estimate of drug-likeness (QED) is 0.474.